The van der Waals surface area contributed by atoms with E-state index in [0.717, 1.165) is 16.8 Å². The second-order valence-corrected chi connectivity index (χ2v) is 5.63. The maximum Gasteiger partial charge on any atom is 0.339 e. The van der Waals surface area contributed by atoms with Crippen molar-refractivity contribution in [3.8, 4) is 0 Å². The van der Waals surface area contributed by atoms with Gasteiger partial charge in [0.1, 0.15) is 0 Å². The van der Waals surface area contributed by atoms with Crippen molar-refractivity contribution in [2.45, 2.75) is 6.92 Å². The molecule has 2 amide bonds. The molecule has 0 atom stereocenters. The number of hydrogen-bond donors (Lipinski definition) is 2. The number of halogens is 1. The fraction of sp³-hybridized carbons (Fsp3) is 0.176. The van der Waals surface area contributed by atoms with E-state index in [4.69, 9.17) is 11.6 Å². The van der Waals surface area contributed by atoms with Crippen molar-refractivity contribution in [3.05, 3.63) is 58.6 Å². The number of nitrogens with zero attached hydrogens (tertiary/aromatic N) is 2. The molecule has 120 valence electrons. The smallest absolute Gasteiger partial charge is 0.339 e. The quantitative estimate of drug-likeness (QED) is 0.660. The van der Waals surface area contributed by atoms with E-state index in [-0.39, 0.29) is 0 Å². The van der Waals surface area contributed by atoms with Crippen LogP contribution in [0.15, 0.2) is 47.6 Å². The van der Waals surface area contributed by atoms with Crippen LogP contribution in [-0.4, -0.2) is 26.3 Å². The first-order valence-electron chi connectivity index (χ1n) is 7.10. The van der Waals surface area contributed by atoms with E-state index < -0.39 is 6.03 Å². The van der Waals surface area contributed by atoms with Crippen LogP contribution in [0.1, 0.15) is 11.1 Å². The van der Waals surface area contributed by atoms with Gasteiger partial charge in [0, 0.05) is 30.5 Å². The summed E-state index contributed by atoms with van der Waals surface area (Å²) < 4.78 is 0. The third-order valence-electron chi connectivity index (χ3n) is 3.31. The molecule has 2 aromatic rings. The molecule has 0 spiro atoms. The van der Waals surface area contributed by atoms with Gasteiger partial charge in [-0.25, -0.2) is 10.2 Å². The standard InChI is InChI=1S/C17H19ClN4O/c1-12-15(18)5-4-6-16(12)20-17(23)21-19-11-13-7-9-14(10-8-13)22(2)3/h4-11H,1-3H3,(H2,20,21,23)/b19-11-. The molecule has 0 aromatic heterocycles. The highest BCUT2D eigenvalue weighted by atomic mass is 35.5. The summed E-state index contributed by atoms with van der Waals surface area (Å²) in [4.78, 5) is 13.8. The lowest BCUT2D eigenvalue weighted by molar-refractivity contribution is 0.252. The van der Waals surface area contributed by atoms with Gasteiger partial charge in [-0.2, -0.15) is 5.10 Å². The number of nitrogens with one attached hydrogen (secondary N) is 2. The molecule has 0 unspecified atom stereocenters. The highest BCUT2D eigenvalue weighted by Gasteiger charge is 2.05. The van der Waals surface area contributed by atoms with E-state index in [2.05, 4.69) is 15.8 Å². The molecule has 2 rings (SSSR count). The first-order chi connectivity index (χ1) is 11.0. The van der Waals surface area contributed by atoms with Crippen LogP contribution in [0.2, 0.25) is 5.02 Å². The zero-order chi connectivity index (χ0) is 16.8. The van der Waals surface area contributed by atoms with Crippen molar-refractivity contribution in [2.24, 2.45) is 5.10 Å². The van der Waals surface area contributed by atoms with Crippen LogP contribution in [0.25, 0.3) is 0 Å². The van der Waals surface area contributed by atoms with Crippen molar-refractivity contribution >= 4 is 35.2 Å². The Morgan fingerprint density at radius 3 is 2.52 bits per heavy atom. The van der Waals surface area contributed by atoms with Gasteiger partial charge in [0.2, 0.25) is 0 Å². The molecule has 5 nitrogen and oxygen atoms in total. The Bertz CT molecular complexity index is 711. The Balaban J connectivity index is 1.92. The average Bonchev–Trinajstić information content (AvgIpc) is 2.52. The predicted octanol–water partition coefficient (Wildman–Crippen LogP) is 3.87. The van der Waals surface area contributed by atoms with E-state index in [9.17, 15) is 4.79 Å². The molecule has 2 N–H and O–H groups in total. The summed E-state index contributed by atoms with van der Waals surface area (Å²) in [6.07, 6.45) is 1.59. The van der Waals surface area contributed by atoms with Crippen molar-refractivity contribution in [1.29, 1.82) is 0 Å². The minimum absolute atomic E-state index is 0.420. The maximum atomic E-state index is 11.8. The molecule has 0 heterocycles. The molecule has 0 aliphatic rings. The lowest BCUT2D eigenvalue weighted by atomic mass is 10.2. The van der Waals surface area contributed by atoms with Crippen molar-refractivity contribution in [3.63, 3.8) is 0 Å². The normalized spacial score (nSPS) is 10.6. The van der Waals surface area contributed by atoms with Gasteiger partial charge in [-0.15, -0.1) is 0 Å². The molecular weight excluding hydrogens is 312 g/mol. The first-order valence-corrected chi connectivity index (χ1v) is 7.47. The predicted molar refractivity (Wildman–Crippen MR) is 96.7 cm³/mol. The van der Waals surface area contributed by atoms with Gasteiger partial charge in [-0.3, -0.25) is 0 Å². The van der Waals surface area contributed by atoms with E-state index in [1.165, 1.54) is 0 Å². The fourth-order valence-corrected chi connectivity index (χ4v) is 2.09. The van der Waals surface area contributed by atoms with Gasteiger partial charge >= 0.3 is 6.03 Å². The van der Waals surface area contributed by atoms with Gasteiger partial charge < -0.3 is 10.2 Å². The van der Waals surface area contributed by atoms with Crippen LogP contribution in [0, 0.1) is 6.92 Å². The number of carbonyl (C=O) groups excluding carboxylic acids is 1. The molecule has 0 saturated carbocycles. The maximum absolute atomic E-state index is 11.8. The van der Waals surface area contributed by atoms with E-state index in [1.54, 1.807) is 24.4 Å². The highest BCUT2D eigenvalue weighted by molar-refractivity contribution is 6.31. The summed E-state index contributed by atoms with van der Waals surface area (Å²) in [5.41, 5.74) is 5.89. The second kappa shape index (κ2) is 7.65. The monoisotopic (exact) mass is 330 g/mol. The topological polar surface area (TPSA) is 56.7 Å². The van der Waals surface area contributed by atoms with E-state index in [0.29, 0.717) is 10.7 Å². The largest absolute Gasteiger partial charge is 0.378 e. The third kappa shape index (κ3) is 4.72. The summed E-state index contributed by atoms with van der Waals surface area (Å²) >= 11 is 6.01. The Labute approximate surface area is 141 Å². The third-order valence-corrected chi connectivity index (χ3v) is 3.71. The highest BCUT2D eigenvalue weighted by Crippen LogP contribution is 2.22. The SMILES string of the molecule is Cc1c(Cl)cccc1NC(=O)N/N=C\c1ccc(N(C)C)cc1. The fourth-order valence-electron chi connectivity index (χ4n) is 1.92. The van der Waals surface area contributed by atoms with Gasteiger partial charge in [-0.1, -0.05) is 29.8 Å². The molecule has 0 radical (unpaired) electrons. The molecule has 0 fully saturated rings. The molecule has 0 bridgehead atoms. The summed E-state index contributed by atoms with van der Waals surface area (Å²) in [6.45, 7) is 1.84. The van der Waals surface area contributed by atoms with Crippen LogP contribution >= 0.6 is 11.6 Å². The van der Waals surface area contributed by atoms with Gasteiger partial charge in [0.15, 0.2) is 0 Å². The summed E-state index contributed by atoms with van der Waals surface area (Å²) in [7, 11) is 3.96. The summed E-state index contributed by atoms with van der Waals surface area (Å²) in [6, 6.07) is 12.7. The number of benzene rings is 2. The number of urea groups is 1. The number of hydrazone groups is 1. The zero-order valence-electron chi connectivity index (χ0n) is 13.3. The Hall–Kier alpha value is -2.53. The van der Waals surface area contributed by atoms with E-state index >= 15 is 0 Å². The molecule has 23 heavy (non-hydrogen) atoms. The molecule has 0 saturated heterocycles. The van der Waals surface area contributed by atoms with Crippen LogP contribution < -0.4 is 15.6 Å². The first kappa shape index (κ1) is 16.8. The molecule has 0 aliphatic carbocycles. The van der Waals surface area contributed by atoms with Crippen molar-refractivity contribution in [1.82, 2.24) is 5.43 Å². The number of anilines is 2. The Morgan fingerprint density at radius 1 is 1.17 bits per heavy atom. The minimum Gasteiger partial charge on any atom is -0.378 e. The van der Waals surface area contributed by atoms with Crippen LogP contribution in [0.4, 0.5) is 16.2 Å². The average molecular weight is 331 g/mol. The van der Waals surface area contributed by atoms with Gasteiger partial charge in [0.25, 0.3) is 0 Å². The zero-order valence-corrected chi connectivity index (χ0v) is 14.1. The van der Waals surface area contributed by atoms with Crippen LogP contribution in [-0.2, 0) is 0 Å². The molecule has 0 aliphatic heterocycles. The van der Waals surface area contributed by atoms with Gasteiger partial charge in [0.05, 0.1) is 6.21 Å². The molecular formula is C17H19ClN4O. The van der Waals surface area contributed by atoms with Crippen LogP contribution in [0.5, 0.6) is 0 Å². The lowest BCUT2D eigenvalue weighted by Crippen LogP contribution is -2.24. The number of amides is 2. The summed E-state index contributed by atoms with van der Waals surface area (Å²) in [5, 5.41) is 7.24. The second-order valence-electron chi connectivity index (χ2n) is 5.22. The minimum atomic E-state index is -0.420. The lowest BCUT2D eigenvalue weighted by Gasteiger charge is -2.11. The van der Waals surface area contributed by atoms with Crippen molar-refractivity contribution < 1.29 is 4.79 Å². The number of hydrogen-bond acceptors (Lipinski definition) is 3. The molecule has 6 heteroatoms. The number of carbonyl (C=O) groups is 1. The molecule has 2 aromatic carbocycles. The van der Waals surface area contributed by atoms with Gasteiger partial charge in [-0.05, 0) is 42.3 Å². The Kier molecular flexibility index (Phi) is 5.60. The Morgan fingerprint density at radius 2 is 1.87 bits per heavy atom. The van der Waals surface area contributed by atoms with Crippen LogP contribution in [0.3, 0.4) is 0 Å². The van der Waals surface area contributed by atoms with E-state index in [1.807, 2.05) is 50.2 Å². The summed E-state index contributed by atoms with van der Waals surface area (Å²) in [5.74, 6) is 0. The number of rotatable bonds is 4. The van der Waals surface area contributed by atoms with Crippen molar-refractivity contribution in [2.75, 3.05) is 24.3 Å².